The van der Waals surface area contributed by atoms with Crippen LogP contribution in [0.15, 0.2) is 30.3 Å². The van der Waals surface area contributed by atoms with Crippen LogP contribution in [0.4, 0.5) is 0 Å². The molecular formula is C11H16O3S. The fraction of sp³-hybridized carbons (Fsp3) is 0.455. The molecular weight excluding hydrogens is 212 g/mol. The van der Waals surface area contributed by atoms with E-state index in [2.05, 4.69) is 0 Å². The van der Waals surface area contributed by atoms with Crippen molar-refractivity contribution in [2.45, 2.75) is 19.6 Å². The van der Waals surface area contributed by atoms with Gasteiger partial charge in [-0.1, -0.05) is 44.2 Å². The van der Waals surface area contributed by atoms with Crippen molar-refractivity contribution in [2.24, 2.45) is 5.92 Å². The first-order valence-electron chi connectivity index (χ1n) is 4.90. The second-order valence-electron chi connectivity index (χ2n) is 3.87. The Kier molecular flexibility index (Phi) is 4.29. The van der Waals surface area contributed by atoms with Crippen molar-refractivity contribution in [3.05, 3.63) is 35.9 Å². The first-order chi connectivity index (χ1) is 6.99. The van der Waals surface area contributed by atoms with Gasteiger partial charge in [-0.25, -0.2) is 0 Å². The van der Waals surface area contributed by atoms with Gasteiger partial charge in [0.25, 0.3) is 10.1 Å². The summed E-state index contributed by atoms with van der Waals surface area (Å²) in [5, 5.41) is 0. The quantitative estimate of drug-likeness (QED) is 0.725. The molecule has 0 aliphatic carbocycles. The summed E-state index contributed by atoms with van der Waals surface area (Å²) in [4.78, 5) is 0. The van der Waals surface area contributed by atoms with E-state index in [9.17, 15) is 8.42 Å². The van der Waals surface area contributed by atoms with Crippen LogP contribution in [0, 0.1) is 5.92 Å². The minimum Gasteiger partial charge on any atom is -0.270 e. The minimum atomic E-state index is -3.43. The fourth-order valence-electron chi connectivity index (χ4n) is 1.06. The highest BCUT2D eigenvalue weighted by Gasteiger charge is 2.12. The summed E-state index contributed by atoms with van der Waals surface area (Å²) in [5.74, 6) is 0.163. The second-order valence-corrected chi connectivity index (χ2v) is 5.51. The van der Waals surface area contributed by atoms with Crippen LogP contribution in [0.5, 0.6) is 0 Å². The van der Waals surface area contributed by atoms with E-state index >= 15 is 0 Å². The van der Waals surface area contributed by atoms with Crippen molar-refractivity contribution < 1.29 is 12.6 Å². The highest BCUT2D eigenvalue weighted by atomic mass is 32.2. The average Bonchev–Trinajstić information content (AvgIpc) is 2.16. The van der Waals surface area contributed by atoms with Crippen LogP contribution in [-0.4, -0.2) is 15.0 Å². The van der Waals surface area contributed by atoms with Crippen molar-refractivity contribution in [3.63, 3.8) is 0 Å². The van der Waals surface area contributed by atoms with Gasteiger partial charge >= 0.3 is 0 Å². The monoisotopic (exact) mass is 228 g/mol. The molecule has 0 amide bonds. The number of hydrogen-bond acceptors (Lipinski definition) is 3. The lowest BCUT2D eigenvalue weighted by Gasteiger charge is -2.07. The lowest BCUT2D eigenvalue weighted by molar-refractivity contribution is 0.274. The number of benzene rings is 1. The lowest BCUT2D eigenvalue weighted by atomic mass is 10.2. The second kappa shape index (κ2) is 5.28. The smallest absolute Gasteiger partial charge is 0.270 e. The third kappa shape index (κ3) is 4.95. The molecule has 84 valence electrons. The first-order valence-corrected chi connectivity index (χ1v) is 6.48. The molecule has 0 unspecified atom stereocenters. The van der Waals surface area contributed by atoms with Gasteiger partial charge in [0.15, 0.2) is 0 Å². The van der Waals surface area contributed by atoms with Gasteiger partial charge in [0.05, 0.1) is 6.61 Å². The summed E-state index contributed by atoms with van der Waals surface area (Å²) >= 11 is 0. The highest BCUT2D eigenvalue weighted by molar-refractivity contribution is 7.85. The van der Waals surface area contributed by atoms with Crippen LogP contribution in [0.25, 0.3) is 0 Å². The molecule has 0 aliphatic rings. The summed E-state index contributed by atoms with van der Waals surface area (Å²) in [6.45, 7) is 4.07. The van der Waals surface area contributed by atoms with Crippen molar-refractivity contribution in [1.82, 2.24) is 0 Å². The Morgan fingerprint density at radius 2 is 1.80 bits per heavy atom. The van der Waals surface area contributed by atoms with Crippen LogP contribution in [0.1, 0.15) is 19.4 Å². The predicted molar refractivity (Wildman–Crippen MR) is 59.9 cm³/mol. The molecule has 0 aromatic heterocycles. The summed E-state index contributed by atoms with van der Waals surface area (Å²) in [7, 11) is -3.43. The summed E-state index contributed by atoms with van der Waals surface area (Å²) in [6, 6.07) is 9.03. The highest BCUT2D eigenvalue weighted by Crippen LogP contribution is 2.08. The predicted octanol–water partition coefficient (Wildman–Crippen LogP) is 2.19. The molecule has 15 heavy (non-hydrogen) atoms. The SMILES string of the molecule is CC(C)COS(=O)(=O)Cc1ccccc1. The van der Waals surface area contributed by atoms with Crippen molar-refractivity contribution in [1.29, 1.82) is 0 Å². The zero-order valence-electron chi connectivity index (χ0n) is 9.01. The van der Waals surface area contributed by atoms with E-state index < -0.39 is 10.1 Å². The van der Waals surface area contributed by atoms with Crippen molar-refractivity contribution in [2.75, 3.05) is 6.61 Å². The third-order valence-corrected chi connectivity index (χ3v) is 2.95. The van der Waals surface area contributed by atoms with Crippen molar-refractivity contribution >= 4 is 10.1 Å². The van der Waals surface area contributed by atoms with E-state index in [1.807, 2.05) is 32.0 Å². The molecule has 0 saturated heterocycles. The molecule has 3 nitrogen and oxygen atoms in total. The largest absolute Gasteiger partial charge is 0.271 e. The molecule has 1 aromatic carbocycles. The molecule has 0 radical (unpaired) electrons. The van der Waals surface area contributed by atoms with Crippen LogP contribution in [0.3, 0.4) is 0 Å². The van der Waals surface area contributed by atoms with Gasteiger partial charge in [-0.2, -0.15) is 8.42 Å². The molecule has 0 aliphatic heterocycles. The molecule has 0 bridgehead atoms. The minimum absolute atomic E-state index is 0.0550. The summed E-state index contributed by atoms with van der Waals surface area (Å²) in [6.07, 6.45) is 0. The van der Waals surface area contributed by atoms with Gasteiger partial charge in [-0.05, 0) is 11.5 Å². The molecule has 1 rings (SSSR count). The molecule has 0 N–H and O–H groups in total. The van der Waals surface area contributed by atoms with E-state index in [1.54, 1.807) is 12.1 Å². The van der Waals surface area contributed by atoms with E-state index in [-0.39, 0.29) is 18.3 Å². The molecule has 0 spiro atoms. The Morgan fingerprint density at radius 1 is 1.20 bits per heavy atom. The maximum absolute atomic E-state index is 11.5. The Morgan fingerprint density at radius 3 is 2.33 bits per heavy atom. The van der Waals surface area contributed by atoms with Crippen LogP contribution in [-0.2, 0) is 20.1 Å². The van der Waals surface area contributed by atoms with E-state index in [0.717, 1.165) is 5.56 Å². The third-order valence-electron chi connectivity index (χ3n) is 1.77. The lowest BCUT2D eigenvalue weighted by Crippen LogP contribution is -2.12. The maximum Gasteiger partial charge on any atom is 0.271 e. The molecule has 0 fully saturated rings. The first kappa shape index (κ1) is 12.2. The van der Waals surface area contributed by atoms with E-state index in [0.29, 0.717) is 0 Å². The van der Waals surface area contributed by atoms with Gasteiger partial charge in [0, 0.05) is 0 Å². The Labute approximate surface area is 91.2 Å². The molecule has 0 atom stereocenters. The average molecular weight is 228 g/mol. The molecule has 0 saturated carbocycles. The summed E-state index contributed by atoms with van der Waals surface area (Å²) in [5.41, 5.74) is 0.751. The van der Waals surface area contributed by atoms with E-state index in [4.69, 9.17) is 4.18 Å². The zero-order valence-corrected chi connectivity index (χ0v) is 9.83. The fourth-order valence-corrected chi connectivity index (χ4v) is 2.22. The van der Waals surface area contributed by atoms with Gasteiger partial charge in [0.1, 0.15) is 5.75 Å². The van der Waals surface area contributed by atoms with Gasteiger partial charge in [-0.3, -0.25) is 4.18 Å². The van der Waals surface area contributed by atoms with E-state index in [1.165, 1.54) is 0 Å². The normalized spacial score (nSPS) is 11.9. The Hall–Kier alpha value is -0.870. The number of rotatable bonds is 5. The Balaban J connectivity index is 2.57. The maximum atomic E-state index is 11.5. The van der Waals surface area contributed by atoms with Crippen LogP contribution < -0.4 is 0 Å². The standard InChI is InChI=1S/C11H16O3S/c1-10(2)8-14-15(12,13)9-11-6-4-3-5-7-11/h3-7,10H,8-9H2,1-2H3. The molecule has 4 heteroatoms. The Bertz CT molecular complexity index is 382. The number of hydrogen-bond donors (Lipinski definition) is 0. The zero-order chi connectivity index (χ0) is 11.3. The van der Waals surface area contributed by atoms with Gasteiger partial charge < -0.3 is 0 Å². The summed E-state index contributed by atoms with van der Waals surface area (Å²) < 4.78 is 27.8. The van der Waals surface area contributed by atoms with Crippen molar-refractivity contribution in [3.8, 4) is 0 Å². The van der Waals surface area contributed by atoms with Crippen LogP contribution >= 0.6 is 0 Å². The topological polar surface area (TPSA) is 43.4 Å². The van der Waals surface area contributed by atoms with Gasteiger partial charge in [-0.15, -0.1) is 0 Å². The van der Waals surface area contributed by atoms with Gasteiger partial charge in [0.2, 0.25) is 0 Å². The molecule has 0 heterocycles. The van der Waals surface area contributed by atoms with Crippen LogP contribution in [0.2, 0.25) is 0 Å². The molecule has 1 aromatic rings.